The average molecular weight is 262 g/mol. The van der Waals surface area contributed by atoms with Crippen molar-refractivity contribution in [3.05, 3.63) is 18.2 Å². The molecule has 1 saturated heterocycles. The first kappa shape index (κ1) is 12.6. The van der Waals surface area contributed by atoms with E-state index in [2.05, 4.69) is 11.0 Å². The SMILES string of the molecule is CCOc1cc(N)cc(N2CCOC3CCCC32)c1. The van der Waals surface area contributed by atoms with E-state index in [0.29, 0.717) is 18.8 Å². The lowest BCUT2D eigenvalue weighted by molar-refractivity contribution is 0.0256. The van der Waals surface area contributed by atoms with Crippen molar-refractivity contribution < 1.29 is 9.47 Å². The highest BCUT2D eigenvalue weighted by atomic mass is 16.5. The monoisotopic (exact) mass is 262 g/mol. The van der Waals surface area contributed by atoms with Crippen LogP contribution in [0.15, 0.2) is 18.2 Å². The molecule has 1 heterocycles. The Balaban J connectivity index is 1.87. The van der Waals surface area contributed by atoms with Crippen LogP contribution >= 0.6 is 0 Å². The van der Waals surface area contributed by atoms with Crippen LogP contribution in [0.5, 0.6) is 5.75 Å². The van der Waals surface area contributed by atoms with E-state index in [1.807, 2.05) is 19.1 Å². The van der Waals surface area contributed by atoms with Gasteiger partial charge in [0.25, 0.3) is 0 Å². The van der Waals surface area contributed by atoms with Crippen LogP contribution in [0.25, 0.3) is 0 Å². The first-order valence-electron chi connectivity index (χ1n) is 7.19. The van der Waals surface area contributed by atoms with Crippen LogP contribution in [-0.2, 0) is 4.74 Å². The Morgan fingerprint density at radius 2 is 2.26 bits per heavy atom. The molecular formula is C15H22N2O2. The number of morpholine rings is 1. The molecule has 0 radical (unpaired) electrons. The fourth-order valence-corrected chi connectivity index (χ4v) is 3.27. The van der Waals surface area contributed by atoms with Gasteiger partial charge in [0.2, 0.25) is 0 Å². The second-order valence-electron chi connectivity index (χ2n) is 5.29. The minimum absolute atomic E-state index is 0.394. The zero-order chi connectivity index (χ0) is 13.2. The van der Waals surface area contributed by atoms with Gasteiger partial charge in [0, 0.05) is 30.1 Å². The number of ether oxygens (including phenoxy) is 2. The molecule has 4 heteroatoms. The van der Waals surface area contributed by atoms with Crippen LogP contribution in [0.2, 0.25) is 0 Å². The molecule has 0 spiro atoms. The highest BCUT2D eigenvalue weighted by Crippen LogP contribution is 2.35. The Kier molecular flexibility index (Phi) is 3.51. The van der Waals surface area contributed by atoms with Gasteiger partial charge in [0.15, 0.2) is 0 Å². The number of fused-ring (bicyclic) bond motifs is 1. The molecule has 0 amide bonds. The van der Waals surface area contributed by atoms with Crippen molar-refractivity contribution in [3.63, 3.8) is 0 Å². The summed E-state index contributed by atoms with van der Waals surface area (Å²) in [7, 11) is 0. The van der Waals surface area contributed by atoms with E-state index < -0.39 is 0 Å². The lowest BCUT2D eigenvalue weighted by atomic mass is 10.1. The summed E-state index contributed by atoms with van der Waals surface area (Å²) in [4.78, 5) is 2.44. The average Bonchev–Trinajstić information content (AvgIpc) is 2.86. The van der Waals surface area contributed by atoms with Crippen LogP contribution in [0.1, 0.15) is 26.2 Å². The predicted molar refractivity (Wildman–Crippen MR) is 76.7 cm³/mol. The Morgan fingerprint density at radius 1 is 1.37 bits per heavy atom. The summed E-state index contributed by atoms with van der Waals surface area (Å²) in [6, 6.07) is 6.54. The molecule has 2 N–H and O–H groups in total. The smallest absolute Gasteiger partial charge is 0.123 e. The lowest BCUT2D eigenvalue weighted by Gasteiger charge is -2.39. The molecule has 2 fully saturated rings. The summed E-state index contributed by atoms with van der Waals surface area (Å²) >= 11 is 0. The zero-order valence-corrected chi connectivity index (χ0v) is 11.5. The highest BCUT2D eigenvalue weighted by molar-refractivity contribution is 5.61. The van der Waals surface area contributed by atoms with Gasteiger partial charge in [-0.25, -0.2) is 0 Å². The molecule has 1 aliphatic carbocycles. The number of benzene rings is 1. The van der Waals surface area contributed by atoms with E-state index in [-0.39, 0.29) is 0 Å². The second-order valence-corrected chi connectivity index (χ2v) is 5.29. The summed E-state index contributed by atoms with van der Waals surface area (Å²) in [6.45, 7) is 4.40. The van der Waals surface area contributed by atoms with Gasteiger partial charge in [0.05, 0.1) is 25.4 Å². The second kappa shape index (κ2) is 5.29. The molecule has 4 nitrogen and oxygen atoms in total. The van der Waals surface area contributed by atoms with Crippen LogP contribution in [0.4, 0.5) is 11.4 Å². The van der Waals surface area contributed by atoms with Gasteiger partial charge in [-0.15, -0.1) is 0 Å². The largest absolute Gasteiger partial charge is 0.494 e. The number of anilines is 2. The van der Waals surface area contributed by atoms with Crippen molar-refractivity contribution in [1.82, 2.24) is 0 Å². The number of rotatable bonds is 3. The Labute approximate surface area is 114 Å². The third-order valence-corrected chi connectivity index (χ3v) is 4.04. The minimum atomic E-state index is 0.394. The molecule has 1 aromatic carbocycles. The van der Waals surface area contributed by atoms with Crippen molar-refractivity contribution >= 4 is 11.4 Å². The van der Waals surface area contributed by atoms with Crippen molar-refractivity contribution in [2.24, 2.45) is 0 Å². The Hall–Kier alpha value is -1.42. The molecule has 0 bridgehead atoms. The van der Waals surface area contributed by atoms with E-state index in [4.69, 9.17) is 15.2 Å². The van der Waals surface area contributed by atoms with Gasteiger partial charge < -0.3 is 20.1 Å². The van der Waals surface area contributed by atoms with Crippen molar-refractivity contribution in [2.45, 2.75) is 38.3 Å². The summed E-state index contributed by atoms with van der Waals surface area (Å²) in [5.41, 5.74) is 7.93. The molecular weight excluding hydrogens is 240 g/mol. The fraction of sp³-hybridized carbons (Fsp3) is 0.600. The molecule has 1 aromatic rings. The summed E-state index contributed by atoms with van der Waals surface area (Å²) in [5.74, 6) is 0.860. The van der Waals surface area contributed by atoms with E-state index in [9.17, 15) is 0 Å². The first-order chi connectivity index (χ1) is 9.28. The van der Waals surface area contributed by atoms with E-state index in [1.165, 1.54) is 24.9 Å². The molecule has 2 unspecified atom stereocenters. The zero-order valence-electron chi connectivity index (χ0n) is 11.5. The number of nitrogens with two attached hydrogens (primary N) is 1. The molecule has 2 atom stereocenters. The quantitative estimate of drug-likeness (QED) is 0.850. The molecule has 3 rings (SSSR count). The third kappa shape index (κ3) is 2.50. The van der Waals surface area contributed by atoms with Crippen molar-refractivity contribution in [1.29, 1.82) is 0 Å². The van der Waals surface area contributed by atoms with Crippen LogP contribution < -0.4 is 15.4 Å². The van der Waals surface area contributed by atoms with Crippen molar-refractivity contribution in [3.8, 4) is 5.75 Å². The standard InChI is InChI=1S/C15H22N2O2/c1-2-18-13-9-11(16)8-12(10-13)17-6-7-19-15-5-3-4-14(15)17/h8-10,14-15H,2-7,16H2,1H3. The van der Waals surface area contributed by atoms with Gasteiger partial charge in [0.1, 0.15) is 5.75 Å². The fourth-order valence-electron chi connectivity index (χ4n) is 3.27. The van der Waals surface area contributed by atoms with E-state index in [1.54, 1.807) is 0 Å². The minimum Gasteiger partial charge on any atom is -0.494 e. The van der Waals surface area contributed by atoms with Crippen LogP contribution in [0, 0.1) is 0 Å². The topological polar surface area (TPSA) is 47.7 Å². The number of nitrogens with zero attached hydrogens (tertiary/aromatic N) is 1. The maximum absolute atomic E-state index is 6.00. The molecule has 19 heavy (non-hydrogen) atoms. The Morgan fingerprint density at radius 3 is 3.11 bits per heavy atom. The summed E-state index contributed by atoms with van der Waals surface area (Å²) in [5, 5.41) is 0. The Bertz CT molecular complexity index is 450. The van der Waals surface area contributed by atoms with Crippen LogP contribution in [-0.4, -0.2) is 31.9 Å². The summed E-state index contributed by atoms with van der Waals surface area (Å²) < 4.78 is 11.4. The third-order valence-electron chi connectivity index (χ3n) is 4.04. The van der Waals surface area contributed by atoms with Gasteiger partial charge in [-0.05, 0) is 32.3 Å². The molecule has 1 saturated carbocycles. The maximum Gasteiger partial charge on any atom is 0.123 e. The maximum atomic E-state index is 6.00. The highest BCUT2D eigenvalue weighted by Gasteiger charge is 2.36. The predicted octanol–water partition coefficient (Wildman–Crippen LogP) is 2.43. The number of hydrogen-bond donors (Lipinski definition) is 1. The van der Waals surface area contributed by atoms with Crippen LogP contribution in [0.3, 0.4) is 0 Å². The number of nitrogen functional groups attached to an aromatic ring is 1. The normalized spacial score (nSPS) is 26.3. The summed E-state index contributed by atoms with van der Waals surface area (Å²) in [6.07, 6.45) is 4.04. The van der Waals surface area contributed by atoms with Gasteiger partial charge >= 0.3 is 0 Å². The first-order valence-corrected chi connectivity index (χ1v) is 7.19. The van der Waals surface area contributed by atoms with Gasteiger partial charge in [-0.2, -0.15) is 0 Å². The van der Waals surface area contributed by atoms with E-state index in [0.717, 1.165) is 24.6 Å². The molecule has 104 valence electrons. The van der Waals surface area contributed by atoms with E-state index >= 15 is 0 Å². The van der Waals surface area contributed by atoms with Crippen molar-refractivity contribution in [2.75, 3.05) is 30.4 Å². The molecule has 1 aliphatic heterocycles. The molecule has 2 aliphatic rings. The number of hydrogen-bond acceptors (Lipinski definition) is 4. The van der Waals surface area contributed by atoms with Gasteiger partial charge in [-0.1, -0.05) is 0 Å². The lowest BCUT2D eigenvalue weighted by Crippen LogP contribution is -2.48. The van der Waals surface area contributed by atoms with Gasteiger partial charge in [-0.3, -0.25) is 0 Å². The molecule has 0 aromatic heterocycles.